The number of nitrogens with zero attached hydrogens (tertiary/aromatic N) is 2. The van der Waals surface area contributed by atoms with Crippen molar-refractivity contribution in [2.75, 3.05) is 19.6 Å². The van der Waals surface area contributed by atoms with Crippen molar-refractivity contribution in [2.24, 2.45) is 0 Å². The Morgan fingerprint density at radius 2 is 2.07 bits per heavy atom. The highest BCUT2D eigenvalue weighted by molar-refractivity contribution is 5.95. The van der Waals surface area contributed by atoms with Crippen LogP contribution in [0.1, 0.15) is 20.3 Å². The minimum Gasteiger partial charge on any atom is -0.333 e. The van der Waals surface area contributed by atoms with Gasteiger partial charge in [-0.15, -0.1) is 0 Å². The van der Waals surface area contributed by atoms with Gasteiger partial charge in [0.15, 0.2) is 0 Å². The lowest BCUT2D eigenvalue weighted by Crippen LogP contribution is -2.61. The summed E-state index contributed by atoms with van der Waals surface area (Å²) in [5.74, 6) is 0.179. The molecule has 1 amide bonds. The van der Waals surface area contributed by atoms with Crippen LogP contribution in [0.3, 0.4) is 0 Å². The van der Waals surface area contributed by atoms with Crippen molar-refractivity contribution in [3.63, 3.8) is 0 Å². The molecule has 0 atom stereocenters. The van der Waals surface area contributed by atoms with E-state index in [2.05, 4.69) is 25.3 Å². The lowest BCUT2D eigenvalue weighted by molar-refractivity contribution is -0.130. The summed E-state index contributed by atoms with van der Waals surface area (Å²) in [6.45, 7) is 11.1. The topological polar surface area (TPSA) is 23.6 Å². The Morgan fingerprint density at radius 3 is 2.50 bits per heavy atom. The van der Waals surface area contributed by atoms with Crippen LogP contribution < -0.4 is 0 Å². The summed E-state index contributed by atoms with van der Waals surface area (Å²) in [6, 6.07) is 1.05. The number of amides is 1. The molecule has 0 radical (unpaired) electrons. The molecule has 0 bridgehead atoms. The van der Waals surface area contributed by atoms with E-state index in [-0.39, 0.29) is 5.91 Å². The quantitative estimate of drug-likeness (QED) is 0.609. The van der Waals surface area contributed by atoms with E-state index in [1.807, 2.05) is 4.90 Å². The summed E-state index contributed by atoms with van der Waals surface area (Å²) in [6.07, 6.45) is 0.858. The van der Waals surface area contributed by atoms with Gasteiger partial charge < -0.3 is 4.90 Å². The molecule has 2 aliphatic heterocycles. The Balaban J connectivity index is 1.88. The van der Waals surface area contributed by atoms with E-state index < -0.39 is 0 Å². The Hall–Kier alpha value is -0.830. The van der Waals surface area contributed by atoms with E-state index in [9.17, 15) is 4.79 Å². The number of carbonyl (C=O) groups is 1. The van der Waals surface area contributed by atoms with Crippen molar-refractivity contribution in [3.8, 4) is 0 Å². The number of likely N-dealkylation sites (tertiary alicyclic amines) is 2. The highest BCUT2D eigenvalue weighted by atomic mass is 16.2. The molecular weight excluding hydrogens is 176 g/mol. The summed E-state index contributed by atoms with van der Waals surface area (Å²) in [7, 11) is 0. The minimum absolute atomic E-state index is 0.179. The van der Waals surface area contributed by atoms with Gasteiger partial charge >= 0.3 is 0 Å². The second kappa shape index (κ2) is 3.39. The SMILES string of the molecule is C=C1CCN(C2CN(C(C)C)C2)C1=O. The molecule has 14 heavy (non-hydrogen) atoms. The van der Waals surface area contributed by atoms with Crippen molar-refractivity contribution < 1.29 is 4.79 Å². The first kappa shape index (κ1) is 9.71. The zero-order valence-electron chi connectivity index (χ0n) is 8.99. The van der Waals surface area contributed by atoms with Gasteiger partial charge in [0.05, 0.1) is 6.04 Å². The zero-order chi connectivity index (χ0) is 10.3. The molecule has 3 heteroatoms. The molecule has 0 saturated carbocycles. The molecule has 0 aromatic heterocycles. The fraction of sp³-hybridized carbons (Fsp3) is 0.727. The van der Waals surface area contributed by atoms with Crippen LogP contribution in [0.25, 0.3) is 0 Å². The van der Waals surface area contributed by atoms with E-state index in [1.165, 1.54) is 0 Å². The van der Waals surface area contributed by atoms with Gasteiger partial charge in [0.25, 0.3) is 0 Å². The summed E-state index contributed by atoms with van der Waals surface area (Å²) in [5, 5.41) is 0. The van der Waals surface area contributed by atoms with E-state index in [0.717, 1.165) is 31.6 Å². The van der Waals surface area contributed by atoms with Gasteiger partial charge in [-0.3, -0.25) is 9.69 Å². The van der Waals surface area contributed by atoms with Gasteiger partial charge in [-0.2, -0.15) is 0 Å². The normalized spacial score (nSPS) is 24.9. The van der Waals surface area contributed by atoms with Crippen LogP contribution in [-0.4, -0.2) is 47.4 Å². The maximum atomic E-state index is 11.6. The lowest BCUT2D eigenvalue weighted by Gasteiger charge is -2.46. The van der Waals surface area contributed by atoms with Crippen molar-refractivity contribution in [3.05, 3.63) is 12.2 Å². The third-order valence-electron chi connectivity index (χ3n) is 3.28. The summed E-state index contributed by atoms with van der Waals surface area (Å²) < 4.78 is 0. The van der Waals surface area contributed by atoms with Crippen LogP contribution in [0.4, 0.5) is 0 Å². The molecule has 0 N–H and O–H groups in total. The molecule has 2 aliphatic rings. The van der Waals surface area contributed by atoms with Crippen molar-refractivity contribution >= 4 is 5.91 Å². The number of carbonyl (C=O) groups excluding carboxylic acids is 1. The molecule has 3 nitrogen and oxygen atoms in total. The second-order valence-corrected chi connectivity index (χ2v) is 4.55. The molecule has 2 heterocycles. The Morgan fingerprint density at radius 1 is 1.43 bits per heavy atom. The number of rotatable bonds is 2. The van der Waals surface area contributed by atoms with Crippen molar-refractivity contribution in [1.29, 1.82) is 0 Å². The molecule has 0 aromatic rings. The summed E-state index contributed by atoms with van der Waals surface area (Å²) >= 11 is 0. The third-order valence-corrected chi connectivity index (χ3v) is 3.28. The molecule has 0 spiro atoms. The second-order valence-electron chi connectivity index (χ2n) is 4.55. The highest BCUT2D eigenvalue weighted by Gasteiger charge is 2.38. The molecule has 78 valence electrons. The molecular formula is C11H18N2O. The standard InChI is InChI=1S/C11H18N2O/c1-8(2)12-6-10(7-12)13-5-4-9(3)11(13)14/h8,10H,3-7H2,1-2H3. The van der Waals surface area contributed by atoms with E-state index >= 15 is 0 Å². The average molecular weight is 194 g/mol. The summed E-state index contributed by atoms with van der Waals surface area (Å²) in [4.78, 5) is 16.0. The Kier molecular flexibility index (Phi) is 2.35. The predicted octanol–water partition coefficient (Wildman–Crippen LogP) is 0.867. The van der Waals surface area contributed by atoms with Gasteiger partial charge in [0, 0.05) is 31.2 Å². The van der Waals surface area contributed by atoms with Gasteiger partial charge in [0.1, 0.15) is 0 Å². The Bertz CT molecular complexity index is 266. The van der Waals surface area contributed by atoms with Gasteiger partial charge in [-0.25, -0.2) is 0 Å². The first-order valence-corrected chi connectivity index (χ1v) is 5.32. The third kappa shape index (κ3) is 1.46. The molecule has 0 aromatic carbocycles. The van der Waals surface area contributed by atoms with Crippen LogP contribution in [-0.2, 0) is 4.79 Å². The molecule has 2 rings (SSSR count). The van der Waals surface area contributed by atoms with Gasteiger partial charge in [0.2, 0.25) is 5.91 Å². The van der Waals surface area contributed by atoms with Crippen LogP contribution in [0.2, 0.25) is 0 Å². The molecule has 2 saturated heterocycles. The van der Waals surface area contributed by atoms with E-state index in [0.29, 0.717) is 12.1 Å². The lowest BCUT2D eigenvalue weighted by atomic mass is 10.1. The number of hydrogen-bond donors (Lipinski definition) is 0. The predicted molar refractivity (Wildman–Crippen MR) is 56.0 cm³/mol. The van der Waals surface area contributed by atoms with Crippen LogP contribution >= 0.6 is 0 Å². The maximum absolute atomic E-state index is 11.6. The monoisotopic (exact) mass is 194 g/mol. The Labute approximate surface area is 85.4 Å². The van der Waals surface area contributed by atoms with Gasteiger partial charge in [-0.05, 0) is 20.3 Å². The first-order chi connectivity index (χ1) is 6.59. The van der Waals surface area contributed by atoms with Crippen molar-refractivity contribution in [2.45, 2.75) is 32.4 Å². The molecule has 0 unspecified atom stereocenters. The van der Waals surface area contributed by atoms with Gasteiger partial charge in [-0.1, -0.05) is 6.58 Å². The maximum Gasteiger partial charge on any atom is 0.249 e. The molecule has 0 aliphatic carbocycles. The first-order valence-electron chi connectivity index (χ1n) is 5.32. The average Bonchev–Trinajstić information content (AvgIpc) is 2.32. The smallest absolute Gasteiger partial charge is 0.249 e. The van der Waals surface area contributed by atoms with E-state index in [1.54, 1.807) is 0 Å². The van der Waals surface area contributed by atoms with Crippen LogP contribution in [0.5, 0.6) is 0 Å². The highest BCUT2D eigenvalue weighted by Crippen LogP contribution is 2.24. The van der Waals surface area contributed by atoms with Crippen molar-refractivity contribution in [1.82, 2.24) is 9.80 Å². The van der Waals surface area contributed by atoms with Crippen LogP contribution in [0.15, 0.2) is 12.2 Å². The zero-order valence-corrected chi connectivity index (χ0v) is 8.99. The summed E-state index contributed by atoms with van der Waals surface area (Å²) in [5.41, 5.74) is 0.785. The number of hydrogen-bond acceptors (Lipinski definition) is 2. The fourth-order valence-corrected chi connectivity index (χ4v) is 2.12. The van der Waals surface area contributed by atoms with Crippen LogP contribution in [0, 0.1) is 0 Å². The minimum atomic E-state index is 0.179. The largest absolute Gasteiger partial charge is 0.333 e. The molecule has 2 fully saturated rings. The van der Waals surface area contributed by atoms with E-state index in [4.69, 9.17) is 0 Å². The fourth-order valence-electron chi connectivity index (χ4n) is 2.12.